The molecule has 0 spiro atoms. The highest BCUT2D eigenvalue weighted by Gasteiger charge is 2.09. The summed E-state index contributed by atoms with van der Waals surface area (Å²) in [6, 6.07) is 31.1. The monoisotopic (exact) mass is 359 g/mol. The van der Waals surface area contributed by atoms with Crippen LogP contribution in [0.1, 0.15) is 0 Å². The second-order valence-corrected chi connectivity index (χ2v) is 6.61. The smallest absolute Gasteiger partial charge is 0.116 e. The fourth-order valence-electron chi connectivity index (χ4n) is 3.43. The van der Waals surface area contributed by atoms with Gasteiger partial charge in [0.05, 0.1) is 16.9 Å². The van der Waals surface area contributed by atoms with Gasteiger partial charge < -0.3 is 0 Å². The van der Waals surface area contributed by atoms with E-state index in [0.29, 0.717) is 0 Å². The van der Waals surface area contributed by atoms with E-state index in [2.05, 4.69) is 81.7 Å². The molecular weight excluding hydrogens is 342 g/mol. The van der Waals surface area contributed by atoms with Gasteiger partial charge in [-0.05, 0) is 35.4 Å². The van der Waals surface area contributed by atoms with Crippen LogP contribution in [-0.4, -0.2) is 15.0 Å². The molecule has 28 heavy (non-hydrogen) atoms. The van der Waals surface area contributed by atoms with Gasteiger partial charge in [-0.2, -0.15) is 0 Å². The van der Waals surface area contributed by atoms with Gasteiger partial charge in [0.2, 0.25) is 0 Å². The van der Waals surface area contributed by atoms with E-state index in [0.717, 1.165) is 33.4 Å². The van der Waals surface area contributed by atoms with Gasteiger partial charge in [-0.1, -0.05) is 66.7 Å². The Kier molecular flexibility index (Phi) is 4.11. The zero-order valence-corrected chi connectivity index (χ0v) is 15.2. The van der Waals surface area contributed by atoms with Crippen LogP contribution in [0.2, 0.25) is 0 Å². The molecule has 0 aliphatic rings. The van der Waals surface area contributed by atoms with Crippen molar-refractivity contribution in [2.24, 2.45) is 0 Å². The van der Waals surface area contributed by atoms with E-state index < -0.39 is 0 Å². The highest BCUT2D eigenvalue weighted by Crippen LogP contribution is 2.30. The molecule has 0 saturated heterocycles. The number of aromatic nitrogens is 3. The van der Waals surface area contributed by atoms with Crippen LogP contribution in [0.15, 0.2) is 104 Å². The number of fused-ring (bicyclic) bond motifs is 1. The average Bonchev–Trinajstić information content (AvgIpc) is 2.79. The first kappa shape index (κ1) is 16.3. The summed E-state index contributed by atoms with van der Waals surface area (Å²) in [4.78, 5) is 13.5. The van der Waals surface area contributed by atoms with Gasteiger partial charge in [0.15, 0.2) is 0 Å². The van der Waals surface area contributed by atoms with Crippen molar-refractivity contribution >= 4 is 10.9 Å². The summed E-state index contributed by atoms with van der Waals surface area (Å²) in [5, 5.41) is 1.04. The summed E-state index contributed by atoms with van der Waals surface area (Å²) in [5.74, 6) is 0. The van der Waals surface area contributed by atoms with Crippen molar-refractivity contribution in [3.63, 3.8) is 0 Å². The molecule has 0 fully saturated rings. The molecule has 5 aromatic rings. The molecule has 3 nitrogen and oxygen atoms in total. The van der Waals surface area contributed by atoms with Crippen LogP contribution in [0.4, 0.5) is 0 Å². The first-order valence-electron chi connectivity index (χ1n) is 9.20. The first-order chi connectivity index (χ1) is 13.9. The Hall–Kier alpha value is -3.85. The SMILES string of the molecule is c1ccc(-c2ccc(-c3ncnc4cc(-c5ccccn5)ccc34)cc2)cc1. The molecule has 0 aliphatic heterocycles. The zero-order chi connectivity index (χ0) is 18.8. The van der Waals surface area contributed by atoms with Crippen LogP contribution in [-0.2, 0) is 0 Å². The lowest BCUT2D eigenvalue weighted by Gasteiger charge is -2.08. The van der Waals surface area contributed by atoms with Crippen molar-refractivity contribution in [3.8, 4) is 33.6 Å². The molecule has 2 aromatic heterocycles. The molecule has 0 radical (unpaired) electrons. The lowest BCUT2D eigenvalue weighted by Crippen LogP contribution is -1.90. The van der Waals surface area contributed by atoms with Gasteiger partial charge in [-0.15, -0.1) is 0 Å². The zero-order valence-electron chi connectivity index (χ0n) is 15.2. The summed E-state index contributed by atoms with van der Waals surface area (Å²) in [7, 11) is 0. The quantitative estimate of drug-likeness (QED) is 0.395. The van der Waals surface area contributed by atoms with Gasteiger partial charge in [0.1, 0.15) is 6.33 Å². The second kappa shape index (κ2) is 7.05. The molecule has 0 aliphatic carbocycles. The maximum Gasteiger partial charge on any atom is 0.116 e. The van der Waals surface area contributed by atoms with Crippen LogP contribution in [0.25, 0.3) is 44.5 Å². The third-order valence-corrected chi connectivity index (χ3v) is 4.86. The van der Waals surface area contributed by atoms with Crippen molar-refractivity contribution in [1.29, 1.82) is 0 Å². The van der Waals surface area contributed by atoms with Crippen LogP contribution in [0, 0.1) is 0 Å². The fraction of sp³-hybridized carbons (Fsp3) is 0. The second-order valence-electron chi connectivity index (χ2n) is 6.61. The van der Waals surface area contributed by atoms with E-state index in [1.807, 2.05) is 24.3 Å². The van der Waals surface area contributed by atoms with E-state index in [-0.39, 0.29) is 0 Å². The van der Waals surface area contributed by atoms with Gasteiger partial charge >= 0.3 is 0 Å². The van der Waals surface area contributed by atoms with E-state index in [1.165, 1.54) is 11.1 Å². The van der Waals surface area contributed by atoms with Gasteiger partial charge in [-0.3, -0.25) is 4.98 Å². The predicted octanol–water partition coefficient (Wildman–Crippen LogP) is 6.03. The number of pyridine rings is 1. The number of nitrogens with zero attached hydrogens (tertiary/aromatic N) is 3. The average molecular weight is 359 g/mol. The Bertz CT molecular complexity index is 1230. The van der Waals surface area contributed by atoms with E-state index in [4.69, 9.17) is 0 Å². The Morgan fingerprint density at radius 2 is 1.21 bits per heavy atom. The van der Waals surface area contributed by atoms with Crippen molar-refractivity contribution in [1.82, 2.24) is 15.0 Å². The van der Waals surface area contributed by atoms with Crippen LogP contribution in [0.5, 0.6) is 0 Å². The lowest BCUT2D eigenvalue weighted by molar-refractivity contribution is 1.22. The van der Waals surface area contributed by atoms with Crippen molar-refractivity contribution in [3.05, 3.63) is 104 Å². The van der Waals surface area contributed by atoms with Crippen LogP contribution in [0.3, 0.4) is 0 Å². The minimum Gasteiger partial charge on any atom is -0.256 e. The standard InChI is InChI=1S/C25H17N3/c1-2-6-18(7-3-1)19-9-11-20(12-10-19)25-22-14-13-21(16-24(22)27-17-28-25)23-8-4-5-15-26-23/h1-17H. The summed E-state index contributed by atoms with van der Waals surface area (Å²) in [6.45, 7) is 0. The third kappa shape index (κ3) is 3.03. The summed E-state index contributed by atoms with van der Waals surface area (Å²) < 4.78 is 0. The number of hydrogen-bond donors (Lipinski definition) is 0. The Labute approximate surface area is 163 Å². The maximum absolute atomic E-state index is 4.56. The van der Waals surface area contributed by atoms with Crippen molar-refractivity contribution in [2.45, 2.75) is 0 Å². The summed E-state index contributed by atoms with van der Waals surface area (Å²) in [6.07, 6.45) is 3.43. The normalized spacial score (nSPS) is 10.9. The van der Waals surface area contributed by atoms with E-state index in [1.54, 1.807) is 12.5 Å². The van der Waals surface area contributed by atoms with Crippen molar-refractivity contribution < 1.29 is 0 Å². The highest BCUT2D eigenvalue weighted by atomic mass is 14.8. The largest absolute Gasteiger partial charge is 0.256 e. The molecule has 5 rings (SSSR count). The minimum absolute atomic E-state index is 0.917. The molecule has 0 bridgehead atoms. The molecular formula is C25H17N3. The van der Waals surface area contributed by atoms with Gasteiger partial charge in [0.25, 0.3) is 0 Å². The van der Waals surface area contributed by atoms with Crippen molar-refractivity contribution in [2.75, 3.05) is 0 Å². The molecule has 0 N–H and O–H groups in total. The first-order valence-corrected chi connectivity index (χ1v) is 9.20. The Morgan fingerprint density at radius 3 is 2.00 bits per heavy atom. The lowest BCUT2D eigenvalue weighted by atomic mass is 10.00. The molecule has 0 unspecified atom stereocenters. The maximum atomic E-state index is 4.56. The van der Waals surface area contributed by atoms with Gasteiger partial charge in [0, 0.05) is 22.7 Å². The molecule has 0 saturated carbocycles. The molecule has 0 atom stereocenters. The fourth-order valence-corrected chi connectivity index (χ4v) is 3.43. The van der Waals surface area contributed by atoms with Crippen LogP contribution >= 0.6 is 0 Å². The number of benzene rings is 3. The highest BCUT2D eigenvalue weighted by molar-refractivity contribution is 5.94. The molecule has 0 amide bonds. The Morgan fingerprint density at radius 1 is 0.500 bits per heavy atom. The third-order valence-electron chi connectivity index (χ3n) is 4.86. The topological polar surface area (TPSA) is 38.7 Å². The van der Waals surface area contributed by atoms with E-state index >= 15 is 0 Å². The summed E-state index contributed by atoms with van der Waals surface area (Å²) in [5.41, 5.74) is 7.34. The van der Waals surface area contributed by atoms with Gasteiger partial charge in [-0.25, -0.2) is 9.97 Å². The minimum atomic E-state index is 0.917. The number of rotatable bonds is 3. The molecule has 2 heterocycles. The van der Waals surface area contributed by atoms with E-state index in [9.17, 15) is 0 Å². The number of hydrogen-bond acceptors (Lipinski definition) is 3. The predicted molar refractivity (Wildman–Crippen MR) is 114 cm³/mol. The Balaban J connectivity index is 1.56. The molecule has 132 valence electrons. The van der Waals surface area contributed by atoms with Crippen LogP contribution < -0.4 is 0 Å². The molecule has 3 heteroatoms. The summed E-state index contributed by atoms with van der Waals surface area (Å²) >= 11 is 0. The molecule has 3 aromatic carbocycles.